The monoisotopic (exact) mass is 359 g/mol. The van der Waals surface area contributed by atoms with Gasteiger partial charge in [0, 0.05) is 21.6 Å². The maximum absolute atomic E-state index is 9.20. The van der Waals surface area contributed by atoms with Gasteiger partial charge in [0.2, 0.25) is 0 Å². The number of aliphatic hydroxyl groups is 1. The lowest BCUT2D eigenvalue weighted by atomic mass is 10.1. The predicted molar refractivity (Wildman–Crippen MR) is 92.2 cm³/mol. The summed E-state index contributed by atoms with van der Waals surface area (Å²) >= 11 is 3.55. The van der Waals surface area contributed by atoms with Crippen molar-refractivity contribution in [2.75, 3.05) is 6.61 Å². The largest absolute Gasteiger partial charge is 0.493 e. The lowest BCUT2D eigenvalue weighted by Gasteiger charge is -2.07. The predicted octanol–water partition coefficient (Wildman–Crippen LogP) is 4.43. The number of halogens is 1. The number of hydrogen-bond donors (Lipinski definition) is 2. The molecule has 3 nitrogen and oxygen atoms in total. The molecule has 0 bridgehead atoms. The number of hydrogen-bond acceptors (Lipinski definition) is 2. The van der Waals surface area contributed by atoms with Crippen molar-refractivity contribution in [2.24, 2.45) is 0 Å². The highest BCUT2D eigenvalue weighted by Gasteiger charge is 2.07. The standard InChI is InChI=1S/C18H18BrNO2/c19-17-10-15(11-18-16(17)9-14(12-21)20-18)22-8-4-7-13-5-2-1-3-6-13/h1-3,5-6,9-11,20-21H,4,7-8,12H2. The highest BCUT2D eigenvalue weighted by Crippen LogP contribution is 2.30. The maximum Gasteiger partial charge on any atom is 0.122 e. The maximum atomic E-state index is 9.20. The average Bonchev–Trinajstić information content (AvgIpc) is 2.96. The van der Waals surface area contributed by atoms with Crippen LogP contribution < -0.4 is 4.74 Å². The number of aryl methyl sites for hydroxylation is 1. The minimum atomic E-state index is 0.00832. The number of rotatable bonds is 6. The van der Waals surface area contributed by atoms with Crippen LogP contribution in [0.3, 0.4) is 0 Å². The van der Waals surface area contributed by atoms with Gasteiger partial charge in [0.05, 0.1) is 18.7 Å². The Labute approximate surface area is 138 Å². The van der Waals surface area contributed by atoms with Gasteiger partial charge in [-0.3, -0.25) is 0 Å². The second kappa shape index (κ2) is 6.99. The summed E-state index contributed by atoms with van der Waals surface area (Å²) in [5.41, 5.74) is 3.10. The molecular weight excluding hydrogens is 342 g/mol. The van der Waals surface area contributed by atoms with E-state index in [4.69, 9.17) is 4.74 Å². The molecule has 0 amide bonds. The molecule has 0 fully saturated rings. The van der Waals surface area contributed by atoms with Crippen molar-refractivity contribution in [1.82, 2.24) is 4.98 Å². The molecule has 114 valence electrons. The molecule has 0 radical (unpaired) electrons. The van der Waals surface area contributed by atoms with E-state index in [0.29, 0.717) is 6.61 Å². The number of benzene rings is 2. The van der Waals surface area contributed by atoms with Gasteiger partial charge < -0.3 is 14.8 Å². The molecule has 2 aromatic carbocycles. The van der Waals surface area contributed by atoms with Gasteiger partial charge in [-0.05, 0) is 46.5 Å². The lowest BCUT2D eigenvalue weighted by Crippen LogP contribution is -1.99. The van der Waals surface area contributed by atoms with E-state index in [1.165, 1.54) is 5.56 Å². The van der Waals surface area contributed by atoms with Crippen LogP contribution in [0.4, 0.5) is 0 Å². The lowest BCUT2D eigenvalue weighted by molar-refractivity contribution is 0.278. The first kappa shape index (κ1) is 15.1. The second-order valence-corrected chi connectivity index (χ2v) is 6.11. The normalized spacial score (nSPS) is 11.0. The molecule has 1 heterocycles. The smallest absolute Gasteiger partial charge is 0.122 e. The molecule has 3 aromatic rings. The molecule has 0 saturated heterocycles. The minimum absolute atomic E-state index is 0.00832. The molecule has 0 spiro atoms. The summed E-state index contributed by atoms with van der Waals surface area (Å²) in [4.78, 5) is 3.18. The molecular formula is C18H18BrNO2. The average molecular weight is 360 g/mol. The number of aliphatic hydroxyl groups excluding tert-OH is 1. The summed E-state index contributed by atoms with van der Waals surface area (Å²) in [5, 5.41) is 10.3. The van der Waals surface area contributed by atoms with E-state index >= 15 is 0 Å². The summed E-state index contributed by atoms with van der Waals surface area (Å²) in [6.45, 7) is 0.689. The topological polar surface area (TPSA) is 45.2 Å². The molecule has 3 rings (SSSR count). The third-order valence-electron chi connectivity index (χ3n) is 3.61. The fourth-order valence-electron chi connectivity index (χ4n) is 2.51. The van der Waals surface area contributed by atoms with Crippen LogP contribution in [0.5, 0.6) is 5.75 Å². The molecule has 0 aliphatic heterocycles. The van der Waals surface area contributed by atoms with E-state index in [0.717, 1.165) is 39.7 Å². The second-order valence-electron chi connectivity index (χ2n) is 5.26. The SMILES string of the molecule is OCc1cc2c(Br)cc(OCCCc3ccccc3)cc2[nH]1. The van der Waals surface area contributed by atoms with Crippen LogP contribution >= 0.6 is 15.9 Å². The Balaban J connectivity index is 1.61. The molecule has 0 atom stereocenters. The first-order chi connectivity index (χ1) is 10.8. The van der Waals surface area contributed by atoms with Gasteiger partial charge >= 0.3 is 0 Å². The molecule has 0 aliphatic rings. The Bertz CT molecular complexity index is 752. The summed E-state index contributed by atoms with van der Waals surface area (Å²) in [7, 11) is 0. The van der Waals surface area contributed by atoms with Crippen molar-refractivity contribution >= 4 is 26.8 Å². The zero-order valence-electron chi connectivity index (χ0n) is 12.2. The van der Waals surface area contributed by atoms with Crippen molar-refractivity contribution in [3.63, 3.8) is 0 Å². The number of H-pyrrole nitrogens is 1. The first-order valence-corrected chi connectivity index (χ1v) is 8.14. The Morgan fingerprint density at radius 2 is 1.91 bits per heavy atom. The van der Waals surface area contributed by atoms with E-state index in [1.54, 1.807) is 0 Å². The van der Waals surface area contributed by atoms with Crippen LogP contribution in [-0.4, -0.2) is 16.7 Å². The molecule has 0 aliphatic carbocycles. The molecule has 4 heteroatoms. The van der Waals surface area contributed by atoms with Gasteiger partial charge in [0.15, 0.2) is 0 Å². The molecule has 0 unspecified atom stereocenters. The zero-order chi connectivity index (χ0) is 15.4. The van der Waals surface area contributed by atoms with Crippen LogP contribution in [0.25, 0.3) is 10.9 Å². The Hall–Kier alpha value is -1.78. The summed E-state index contributed by atoms with van der Waals surface area (Å²) < 4.78 is 6.82. The Morgan fingerprint density at radius 3 is 2.68 bits per heavy atom. The van der Waals surface area contributed by atoms with Crippen molar-refractivity contribution < 1.29 is 9.84 Å². The van der Waals surface area contributed by atoms with Crippen molar-refractivity contribution in [1.29, 1.82) is 0 Å². The third-order valence-corrected chi connectivity index (χ3v) is 4.26. The Kier molecular flexibility index (Phi) is 4.80. The summed E-state index contributed by atoms with van der Waals surface area (Å²) in [6, 6.07) is 16.3. The van der Waals surface area contributed by atoms with Crippen molar-refractivity contribution in [3.8, 4) is 5.75 Å². The van der Waals surface area contributed by atoms with Gasteiger partial charge in [0.1, 0.15) is 5.75 Å². The fourth-order valence-corrected chi connectivity index (χ4v) is 3.06. The fraction of sp³-hybridized carbons (Fsp3) is 0.222. The van der Waals surface area contributed by atoms with Crippen molar-refractivity contribution in [2.45, 2.75) is 19.4 Å². The number of ether oxygens (including phenoxy) is 1. The van der Waals surface area contributed by atoms with Crippen LogP contribution in [0.1, 0.15) is 17.7 Å². The van der Waals surface area contributed by atoms with E-state index in [2.05, 4.69) is 45.2 Å². The third kappa shape index (κ3) is 3.51. The minimum Gasteiger partial charge on any atom is -0.493 e. The van der Waals surface area contributed by atoms with Gasteiger partial charge in [-0.1, -0.05) is 30.3 Å². The molecule has 1 aromatic heterocycles. The van der Waals surface area contributed by atoms with E-state index < -0.39 is 0 Å². The highest BCUT2D eigenvalue weighted by atomic mass is 79.9. The zero-order valence-corrected chi connectivity index (χ0v) is 13.8. The number of aromatic amines is 1. The molecule has 2 N–H and O–H groups in total. The molecule has 22 heavy (non-hydrogen) atoms. The van der Waals surface area contributed by atoms with Gasteiger partial charge in [-0.2, -0.15) is 0 Å². The Morgan fingerprint density at radius 1 is 1.09 bits per heavy atom. The quantitative estimate of drug-likeness (QED) is 0.639. The van der Waals surface area contributed by atoms with Crippen LogP contribution in [0, 0.1) is 0 Å². The van der Waals surface area contributed by atoms with E-state index in [-0.39, 0.29) is 6.61 Å². The number of aromatic nitrogens is 1. The van der Waals surface area contributed by atoms with Crippen LogP contribution in [-0.2, 0) is 13.0 Å². The highest BCUT2D eigenvalue weighted by molar-refractivity contribution is 9.10. The van der Waals surface area contributed by atoms with E-state index in [1.807, 2.05) is 24.3 Å². The summed E-state index contributed by atoms with van der Waals surface area (Å²) in [5.74, 6) is 0.832. The molecule has 0 saturated carbocycles. The number of fused-ring (bicyclic) bond motifs is 1. The van der Waals surface area contributed by atoms with Gasteiger partial charge in [-0.15, -0.1) is 0 Å². The van der Waals surface area contributed by atoms with Crippen molar-refractivity contribution in [3.05, 3.63) is 64.3 Å². The van der Waals surface area contributed by atoms with E-state index in [9.17, 15) is 5.11 Å². The van der Waals surface area contributed by atoms with Crippen LogP contribution in [0.2, 0.25) is 0 Å². The summed E-state index contributed by atoms with van der Waals surface area (Å²) in [6.07, 6.45) is 1.99. The van der Waals surface area contributed by atoms with Gasteiger partial charge in [0.25, 0.3) is 0 Å². The number of nitrogens with one attached hydrogen (secondary N) is 1. The van der Waals surface area contributed by atoms with Crippen LogP contribution in [0.15, 0.2) is 53.0 Å². The first-order valence-electron chi connectivity index (χ1n) is 7.35. The van der Waals surface area contributed by atoms with Gasteiger partial charge in [-0.25, -0.2) is 0 Å².